The second-order valence-corrected chi connectivity index (χ2v) is 6.90. The van der Waals surface area contributed by atoms with Gasteiger partial charge in [0, 0.05) is 33.2 Å². The Morgan fingerprint density at radius 3 is 2.65 bits per heavy atom. The molecule has 4 rings (SSSR count). The summed E-state index contributed by atoms with van der Waals surface area (Å²) in [5.41, 5.74) is -0.556. The molecule has 20 heavy (non-hydrogen) atoms. The molecule has 1 spiro atoms. The number of hydrogen-bond acceptors (Lipinski definition) is 5. The molecular weight excluding hydrogens is 258 g/mol. The van der Waals surface area contributed by atoms with Crippen molar-refractivity contribution in [2.75, 3.05) is 33.2 Å². The van der Waals surface area contributed by atoms with Crippen molar-refractivity contribution in [2.45, 2.75) is 36.9 Å². The summed E-state index contributed by atoms with van der Waals surface area (Å²) in [6.07, 6.45) is 2.58. The van der Waals surface area contributed by atoms with E-state index in [1.165, 1.54) is 17.7 Å². The molecule has 1 N–H and O–H groups in total. The van der Waals surface area contributed by atoms with Crippen molar-refractivity contribution in [3.8, 4) is 0 Å². The SMILES string of the molecule is CN1C(=O)[C@@H]2C[C@@H](O)CN2C2(CN(CC3CC3)C2)C1=O. The van der Waals surface area contributed by atoms with Crippen LogP contribution < -0.4 is 0 Å². The summed E-state index contributed by atoms with van der Waals surface area (Å²) >= 11 is 0. The van der Waals surface area contributed by atoms with Crippen LogP contribution >= 0.6 is 0 Å². The molecule has 6 heteroatoms. The summed E-state index contributed by atoms with van der Waals surface area (Å²) in [6, 6.07) is -0.309. The first-order valence-corrected chi connectivity index (χ1v) is 7.50. The third-order valence-corrected chi connectivity index (χ3v) is 5.33. The van der Waals surface area contributed by atoms with Gasteiger partial charge < -0.3 is 5.11 Å². The van der Waals surface area contributed by atoms with Crippen molar-refractivity contribution >= 4 is 11.8 Å². The number of carbonyl (C=O) groups excluding carboxylic acids is 2. The van der Waals surface area contributed by atoms with Crippen molar-refractivity contribution in [3.05, 3.63) is 0 Å². The van der Waals surface area contributed by atoms with Crippen LogP contribution in [-0.2, 0) is 9.59 Å². The van der Waals surface area contributed by atoms with E-state index in [0.717, 1.165) is 12.5 Å². The topological polar surface area (TPSA) is 64.1 Å². The number of aliphatic hydroxyl groups excluding tert-OH is 1. The summed E-state index contributed by atoms with van der Waals surface area (Å²) in [5.74, 6) is 0.572. The van der Waals surface area contributed by atoms with Crippen LogP contribution in [0.4, 0.5) is 0 Å². The highest BCUT2D eigenvalue weighted by molar-refractivity contribution is 6.05. The van der Waals surface area contributed by atoms with Gasteiger partial charge in [-0.1, -0.05) is 0 Å². The van der Waals surface area contributed by atoms with Gasteiger partial charge in [0.15, 0.2) is 0 Å². The Morgan fingerprint density at radius 2 is 2.00 bits per heavy atom. The minimum absolute atomic E-state index is 0.0834. The number of imide groups is 1. The molecule has 4 aliphatic rings. The van der Waals surface area contributed by atoms with Crippen molar-refractivity contribution in [1.82, 2.24) is 14.7 Å². The third-order valence-electron chi connectivity index (χ3n) is 5.33. The van der Waals surface area contributed by atoms with Gasteiger partial charge in [0.25, 0.3) is 5.91 Å². The summed E-state index contributed by atoms with van der Waals surface area (Å²) in [6.45, 7) is 2.95. The normalized spacial score (nSPS) is 37.4. The van der Waals surface area contributed by atoms with Gasteiger partial charge in [-0.15, -0.1) is 0 Å². The maximum absolute atomic E-state index is 12.6. The number of fused-ring (bicyclic) bond motifs is 2. The number of amides is 2. The number of carbonyl (C=O) groups is 2. The predicted molar refractivity (Wildman–Crippen MR) is 70.8 cm³/mol. The number of hydrogen-bond donors (Lipinski definition) is 1. The summed E-state index contributed by atoms with van der Waals surface area (Å²) in [4.78, 5) is 30.4. The standard InChI is InChI=1S/C14H21N3O3/c1-15-12(19)11-4-10(18)6-17(11)14(13(15)20)7-16(8-14)5-9-2-3-9/h9-11,18H,2-8H2,1H3/t10-,11+/m1/s1. The molecule has 2 atom stereocenters. The Labute approximate surface area is 118 Å². The van der Waals surface area contributed by atoms with Gasteiger partial charge in [0.2, 0.25) is 5.91 Å². The molecule has 3 saturated heterocycles. The van der Waals surface area contributed by atoms with Gasteiger partial charge in [0.05, 0.1) is 12.1 Å². The number of β-amino-alcohol motifs (C(OH)–C–C–N with tert-alkyl or cyclic N) is 1. The molecule has 0 aromatic heterocycles. The van der Waals surface area contributed by atoms with E-state index in [-0.39, 0.29) is 17.9 Å². The van der Waals surface area contributed by atoms with Gasteiger partial charge in [0.1, 0.15) is 5.54 Å². The van der Waals surface area contributed by atoms with Crippen LogP contribution in [0.3, 0.4) is 0 Å². The Hall–Kier alpha value is -0.980. The van der Waals surface area contributed by atoms with Crippen LogP contribution in [0.25, 0.3) is 0 Å². The fourth-order valence-electron chi connectivity index (χ4n) is 4.08. The highest BCUT2D eigenvalue weighted by Crippen LogP contribution is 2.41. The molecule has 0 bridgehead atoms. The summed E-state index contributed by atoms with van der Waals surface area (Å²) < 4.78 is 0. The quantitative estimate of drug-likeness (QED) is 0.649. The number of aliphatic hydroxyl groups is 1. The zero-order valence-electron chi connectivity index (χ0n) is 11.8. The first-order valence-electron chi connectivity index (χ1n) is 7.50. The second kappa shape index (κ2) is 4.02. The number of rotatable bonds is 2. The molecule has 1 aliphatic carbocycles. The van der Waals surface area contributed by atoms with Gasteiger partial charge in [-0.25, -0.2) is 0 Å². The number of likely N-dealkylation sites (N-methyl/N-ethyl adjacent to an activating group) is 1. The molecule has 110 valence electrons. The molecule has 2 amide bonds. The lowest BCUT2D eigenvalue weighted by molar-refractivity contribution is -0.178. The summed E-state index contributed by atoms with van der Waals surface area (Å²) in [5, 5.41) is 9.89. The highest BCUT2D eigenvalue weighted by atomic mass is 16.3. The lowest BCUT2D eigenvalue weighted by Gasteiger charge is -2.58. The van der Waals surface area contributed by atoms with Gasteiger partial charge in [-0.2, -0.15) is 0 Å². The van der Waals surface area contributed by atoms with E-state index < -0.39 is 11.6 Å². The maximum Gasteiger partial charge on any atom is 0.252 e. The smallest absolute Gasteiger partial charge is 0.252 e. The van der Waals surface area contributed by atoms with E-state index in [0.29, 0.717) is 26.1 Å². The molecule has 6 nitrogen and oxygen atoms in total. The monoisotopic (exact) mass is 279 g/mol. The Balaban J connectivity index is 1.57. The number of nitrogens with zero attached hydrogens (tertiary/aromatic N) is 3. The molecule has 0 unspecified atom stereocenters. The van der Waals surface area contributed by atoms with Crippen LogP contribution in [-0.4, -0.2) is 82.5 Å². The molecule has 3 heterocycles. The molecule has 0 aromatic carbocycles. The van der Waals surface area contributed by atoms with Crippen molar-refractivity contribution in [2.24, 2.45) is 5.92 Å². The van der Waals surface area contributed by atoms with Crippen LogP contribution in [0.5, 0.6) is 0 Å². The van der Waals surface area contributed by atoms with Crippen molar-refractivity contribution < 1.29 is 14.7 Å². The van der Waals surface area contributed by atoms with Gasteiger partial charge >= 0.3 is 0 Å². The Bertz CT molecular complexity index is 470. The maximum atomic E-state index is 12.6. The lowest BCUT2D eigenvalue weighted by atomic mass is 9.82. The van der Waals surface area contributed by atoms with E-state index in [1.54, 1.807) is 7.05 Å². The fraction of sp³-hybridized carbons (Fsp3) is 0.857. The molecule has 0 aromatic rings. The number of likely N-dealkylation sites (tertiary alicyclic amines) is 1. The van der Waals surface area contributed by atoms with Crippen LogP contribution in [0.15, 0.2) is 0 Å². The first-order chi connectivity index (χ1) is 9.51. The number of piperazine rings is 1. The average molecular weight is 279 g/mol. The van der Waals surface area contributed by atoms with E-state index in [4.69, 9.17) is 0 Å². The fourth-order valence-corrected chi connectivity index (χ4v) is 4.08. The molecule has 3 aliphatic heterocycles. The predicted octanol–water partition coefficient (Wildman–Crippen LogP) is -1.12. The minimum Gasteiger partial charge on any atom is -0.392 e. The Morgan fingerprint density at radius 1 is 1.30 bits per heavy atom. The zero-order chi connectivity index (χ0) is 14.1. The summed E-state index contributed by atoms with van der Waals surface area (Å²) in [7, 11) is 1.58. The largest absolute Gasteiger partial charge is 0.392 e. The van der Waals surface area contributed by atoms with Gasteiger partial charge in [-0.3, -0.25) is 24.3 Å². The molecular formula is C14H21N3O3. The van der Waals surface area contributed by atoms with E-state index >= 15 is 0 Å². The second-order valence-electron chi connectivity index (χ2n) is 6.90. The van der Waals surface area contributed by atoms with Crippen LogP contribution in [0.2, 0.25) is 0 Å². The van der Waals surface area contributed by atoms with Crippen LogP contribution in [0, 0.1) is 5.92 Å². The minimum atomic E-state index is -0.556. The Kier molecular flexibility index (Phi) is 2.56. The average Bonchev–Trinajstić information content (AvgIpc) is 3.10. The third kappa shape index (κ3) is 1.61. The van der Waals surface area contributed by atoms with Crippen molar-refractivity contribution in [3.63, 3.8) is 0 Å². The lowest BCUT2D eigenvalue weighted by Crippen LogP contribution is -2.81. The van der Waals surface area contributed by atoms with E-state index in [9.17, 15) is 14.7 Å². The molecule has 0 radical (unpaired) electrons. The van der Waals surface area contributed by atoms with E-state index in [2.05, 4.69) is 4.90 Å². The van der Waals surface area contributed by atoms with Crippen molar-refractivity contribution in [1.29, 1.82) is 0 Å². The first kappa shape index (κ1) is 12.7. The van der Waals surface area contributed by atoms with E-state index in [1.807, 2.05) is 4.90 Å². The van der Waals surface area contributed by atoms with Crippen LogP contribution in [0.1, 0.15) is 19.3 Å². The van der Waals surface area contributed by atoms with Gasteiger partial charge in [-0.05, 0) is 25.2 Å². The molecule has 4 fully saturated rings. The molecule has 1 saturated carbocycles. The highest BCUT2D eigenvalue weighted by Gasteiger charge is 2.63. The zero-order valence-corrected chi connectivity index (χ0v) is 11.8.